The van der Waals surface area contributed by atoms with Crippen molar-refractivity contribution < 1.29 is 4.79 Å². The van der Waals surface area contributed by atoms with Gasteiger partial charge >= 0.3 is 0 Å². The minimum absolute atomic E-state index is 0.0895. The predicted octanol–water partition coefficient (Wildman–Crippen LogP) is 4.45. The zero-order chi connectivity index (χ0) is 14.4. The Hall–Kier alpha value is -1.78. The minimum Gasteiger partial charge on any atom is -0.292 e. The lowest BCUT2D eigenvalue weighted by Gasteiger charge is -2.04. The first kappa shape index (κ1) is 14.6. The van der Waals surface area contributed by atoms with Crippen molar-refractivity contribution in [2.75, 3.05) is 5.43 Å². The number of hydrogen-bond donors (Lipinski definition) is 1. The van der Waals surface area contributed by atoms with Crippen molar-refractivity contribution in [3.8, 4) is 0 Å². The number of nitrogens with zero attached hydrogens (tertiary/aromatic N) is 1. The maximum absolute atomic E-state index is 11.6. The number of ketones is 1. The number of hydrazone groups is 1. The molecule has 0 atom stereocenters. The Morgan fingerprint density at radius 1 is 1.10 bits per heavy atom. The Balaban J connectivity index is 2.11. The van der Waals surface area contributed by atoms with Gasteiger partial charge < -0.3 is 0 Å². The molecule has 0 heterocycles. The molecule has 0 saturated heterocycles. The van der Waals surface area contributed by atoms with Crippen molar-refractivity contribution in [2.24, 2.45) is 5.10 Å². The van der Waals surface area contributed by atoms with Crippen LogP contribution >= 0.6 is 23.4 Å². The zero-order valence-corrected chi connectivity index (χ0v) is 12.4. The number of thioether (sulfide) groups is 1. The van der Waals surface area contributed by atoms with Crippen molar-refractivity contribution in [2.45, 2.75) is 11.8 Å². The van der Waals surface area contributed by atoms with Crippen molar-refractivity contribution in [3.05, 3.63) is 59.6 Å². The monoisotopic (exact) mass is 304 g/mol. The standard InChI is InChI=1S/C15H13ClN2OS/c1-11(19)15(18-17-13-5-3-2-4-6-13)20-14-9-7-12(16)8-10-14/h2-10,17H,1H3. The van der Waals surface area contributed by atoms with E-state index in [0.717, 1.165) is 10.6 Å². The highest BCUT2D eigenvalue weighted by Crippen LogP contribution is 2.22. The summed E-state index contributed by atoms with van der Waals surface area (Å²) in [6, 6.07) is 16.8. The lowest BCUT2D eigenvalue weighted by Crippen LogP contribution is -2.08. The smallest absolute Gasteiger partial charge is 0.186 e. The van der Waals surface area contributed by atoms with Gasteiger partial charge in [-0.1, -0.05) is 41.6 Å². The van der Waals surface area contributed by atoms with Gasteiger partial charge in [-0.2, -0.15) is 5.10 Å². The van der Waals surface area contributed by atoms with Crippen molar-refractivity contribution in [3.63, 3.8) is 0 Å². The Labute approximate surface area is 127 Å². The molecule has 0 bridgehead atoms. The van der Waals surface area contributed by atoms with Crippen LogP contribution in [0, 0.1) is 0 Å². The first-order valence-corrected chi connectivity index (χ1v) is 7.18. The van der Waals surface area contributed by atoms with E-state index < -0.39 is 0 Å². The lowest BCUT2D eigenvalue weighted by molar-refractivity contribution is -0.110. The van der Waals surface area contributed by atoms with Crippen molar-refractivity contribution in [1.29, 1.82) is 0 Å². The summed E-state index contributed by atoms with van der Waals surface area (Å²) in [6.45, 7) is 1.49. The Morgan fingerprint density at radius 3 is 2.35 bits per heavy atom. The summed E-state index contributed by atoms with van der Waals surface area (Å²) >= 11 is 7.14. The van der Waals surface area contributed by atoms with Crippen LogP contribution in [0.15, 0.2) is 64.6 Å². The molecule has 0 unspecified atom stereocenters. The summed E-state index contributed by atoms with van der Waals surface area (Å²) in [5.41, 5.74) is 3.71. The van der Waals surface area contributed by atoms with Gasteiger partial charge in [-0.25, -0.2) is 0 Å². The van der Waals surface area contributed by atoms with E-state index in [9.17, 15) is 4.79 Å². The maximum Gasteiger partial charge on any atom is 0.186 e. The normalized spacial score (nSPS) is 11.2. The molecule has 0 aromatic heterocycles. The first-order chi connectivity index (χ1) is 9.65. The molecule has 2 aromatic carbocycles. The number of hydrogen-bond acceptors (Lipinski definition) is 4. The van der Waals surface area contributed by atoms with E-state index in [-0.39, 0.29) is 5.78 Å². The summed E-state index contributed by atoms with van der Waals surface area (Å²) < 4.78 is 0. The molecule has 0 amide bonds. The number of carbonyl (C=O) groups excluding carboxylic acids is 1. The molecule has 0 radical (unpaired) electrons. The molecular weight excluding hydrogens is 292 g/mol. The summed E-state index contributed by atoms with van der Waals surface area (Å²) in [5.74, 6) is -0.0895. The van der Waals surface area contributed by atoms with Crippen LogP contribution in [0.3, 0.4) is 0 Å². The van der Waals surface area contributed by atoms with Crippen LogP contribution in [-0.2, 0) is 4.79 Å². The number of nitrogens with one attached hydrogen (secondary N) is 1. The fourth-order valence-corrected chi connectivity index (χ4v) is 2.27. The van der Waals surface area contributed by atoms with E-state index >= 15 is 0 Å². The number of benzene rings is 2. The molecule has 0 aliphatic heterocycles. The third kappa shape index (κ3) is 4.40. The van der Waals surface area contributed by atoms with Crippen LogP contribution in [0.5, 0.6) is 0 Å². The Morgan fingerprint density at radius 2 is 1.75 bits per heavy atom. The van der Waals surface area contributed by atoms with Gasteiger partial charge in [0.05, 0.1) is 5.69 Å². The summed E-state index contributed by atoms with van der Waals surface area (Å²) in [4.78, 5) is 12.5. The Kier molecular flexibility index (Phi) is 5.21. The van der Waals surface area contributed by atoms with Gasteiger partial charge in [0.15, 0.2) is 10.8 Å². The van der Waals surface area contributed by atoms with Crippen molar-refractivity contribution in [1.82, 2.24) is 0 Å². The van der Waals surface area contributed by atoms with E-state index in [4.69, 9.17) is 11.6 Å². The molecular formula is C15H13ClN2OS. The molecule has 1 N–H and O–H groups in total. The van der Waals surface area contributed by atoms with E-state index in [1.165, 1.54) is 18.7 Å². The van der Waals surface area contributed by atoms with Gasteiger partial charge in [0.2, 0.25) is 0 Å². The molecule has 2 aromatic rings. The molecule has 0 aliphatic rings. The van der Waals surface area contributed by atoms with Gasteiger partial charge in [-0.05, 0) is 36.4 Å². The van der Waals surface area contributed by atoms with Gasteiger partial charge in [-0.15, -0.1) is 0 Å². The highest BCUT2D eigenvalue weighted by Gasteiger charge is 2.08. The SMILES string of the molecule is CC(=O)C(=NNc1ccccc1)Sc1ccc(Cl)cc1. The Bertz CT molecular complexity index is 612. The number of anilines is 1. The molecule has 5 heteroatoms. The second-order valence-corrected chi connectivity index (χ2v) is 5.51. The number of para-hydroxylation sites is 1. The molecule has 0 saturated carbocycles. The van der Waals surface area contributed by atoms with Crippen LogP contribution < -0.4 is 5.43 Å². The van der Waals surface area contributed by atoms with Crippen LogP contribution in [0.1, 0.15) is 6.92 Å². The number of rotatable bonds is 4. The van der Waals surface area contributed by atoms with Gasteiger partial charge in [0.25, 0.3) is 0 Å². The second kappa shape index (κ2) is 7.12. The highest BCUT2D eigenvalue weighted by molar-refractivity contribution is 8.15. The first-order valence-electron chi connectivity index (χ1n) is 5.98. The van der Waals surface area contributed by atoms with Gasteiger partial charge in [0.1, 0.15) is 0 Å². The third-order valence-electron chi connectivity index (χ3n) is 2.39. The van der Waals surface area contributed by atoms with Gasteiger partial charge in [-0.3, -0.25) is 10.2 Å². The molecule has 0 spiro atoms. The molecule has 3 nitrogen and oxygen atoms in total. The number of carbonyl (C=O) groups is 1. The molecule has 0 fully saturated rings. The third-order valence-corrected chi connectivity index (χ3v) is 3.72. The predicted molar refractivity (Wildman–Crippen MR) is 85.5 cm³/mol. The van der Waals surface area contributed by atoms with E-state index in [2.05, 4.69) is 10.5 Å². The van der Waals surface area contributed by atoms with Crippen LogP contribution in [0.4, 0.5) is 5.69 Å². The number of halogens is 1. The van der Waals surface area contributed by atoms with Crippen LogP contribution in [0.25, 0.3) is 0 Å². The largest absolute Gasteiger partial charge is 0.292 e. The van der Waals surface area contributed by atoms with E-state index in [1.807, 2.05) is 42.5 Å². The molecule has 0 aliphatic carbocycles. The van der Waals surface area contributed by atoms with E-state index in [1.54, 1.807) is 12.1 Å². The fraction of sp³-hybridized carbons (Fsp3) is 0.0667. The van der Waals surface area contributed by atoms with Crippen LogP contribution in [-0.4, -0.2) is 10.8 Å². The minimum atomic E-state index is -0.0895. The quantitative estimate of drug-likeness (QED) is 0.393. The highest BCUT2D eigenvalue weighted by atomic mass is 35.5. The average Bonchev–Trinajstić information content (AvgIpc) is 2.46. The maximum atomic E-state index is 11.6. The van der Waals surface area contributed by atoms with Crippen molar-refractivity contribution >= 4 is 39.9 Å². The lowest BCUT2D eigenvalue weighted by atomic mass is 10.3. The van der Waals surface area contributed by atoms with Crippen LogP contribution in [0.2, 0.25) is 5.02 Å². The zero-order valence-electron chi connectivity index (χ0n) is 10.8. The molecule has 102 valence electrons. The second-order valence-electron chi connectivity index (χ2n) is 4.01. The molecule has 20 heavy (non-hydrogen) atoms. The van der Waals surface area contributed by atoms with E-state index in [0.29, 0.717) is 10.1 Å². The topological polar surface area (TPSA) is 41.5 Å². The van der Waals surface area contributed by atoms with Gasteiger partial charge in [0, 0.05) is 16.8 Å². The number of Topliss-reactive ketones (excluding diaryl/α,β-unsaturated/α-hetero) is 1. The average molecular weight is 305 g/mol. The summed E-state index contributed by atoms with van der Waals surface area (Å²) in [6.07, 6.45) is 0. The fourth-order valence-electron chi connectivity index (χ4n) is 1.42. The summed E-state index contributed by atoms with van der Waals surface area (Å²) in [7, 11) is 0. The molecule has 2 rings (SSSR count). The summed E-state index contributed by atoms with van der Waals surface area (Å²) in [5, 5.41) is 5.22.